The molecule has 0 bridgehead atoms. The molecule has 0 saturated carbocycles. The van der Waals surface area contributed by atoms with Gasteiger partial charge in [-0.25, -0.2) is 0 Å². The number of hydroxylamine groups is 2. The molecule has 0 unspecified atom stereocenters. The number of hydrogen-bond donors (Lipinski definition) is 0. The summed E-state index contributed by atoms with van der Waals surface area (Å²) in [6.45, 7) is 0.901. The smallest absolute Gasteiger partial charge is 0.0621 e. The van der Waals surface area contributed by atoms with Crippen LogP contribution >= 0.6 is 0 Å². The van der Waals surface area contributed by atoms with Crippen molar-refractivity contribution in [3.63, 3.8) is 0 Å². The predicted octanol–water partition coefficient (Wildman–Crippen LogP) is 1.17. The van der Waals surface area contributed by atoms with Gasteiger partial charge in [-0.1, -0.05) is 0 Å². The zero-order chi connectivity index (χ0) is 7.82. The fraction of sp³-hybridized carbons (Fsp3) is 0.857. The van der Waals surface area contributed by atoms with Gasteiger partial charge in [-0.05, 0) is 12.8 Å². The minimum Gasteiger partial charge on any atom is -0.303 e. The van der Waals surface area contributed by atoms with Gasteiger partial charge < -0.3 is 4.84 Å². The summed E-state index contributed by atoms with van der Waals surface area (Å²) in [6.07, 6.45) is 2.64. The number of unbranched alkanes of at least 4 members (excludes halogenated alkanes) is 2. The minimum absolute atomic E-state index is 0.650. The van der Waals surface area contributed by atoms with Crippen LogP contribution in [0.1, 0.15) is 19.3 Å². The first-order valence-electron chi connectivity index (χ1n) is 3.43. The lowest BCUT2D eigenvalue weighted by molar-refractivity contribution is -0.109. The van der Waals surface area contributed by atoms with Crippen molar-refractivity contribution >= 4 is 0 Å². The van der Waals surface area contributed by atoms with Crippen molar-refractivity contribution in [2.75, 3.05) is 20.7 Å². The first-order chi connectivity index (χ1) is 4.81. The van der Waals surface area contributed by atoms with Crippen LogP contribution in [0.2, 0.25) is 0 Å². The van der Waals surface area contributed by atoms with Gasteiger partial charge in [0.05, 0.1) is 13.2 Å². The van der Waals surface area contributed by atoms with Crippen LogP contribution in [0.4, 0.5) is 0 Å². The van der Waals surface area contributed by atoms with E-state index in [0.717, 1.165) is 19.4 Å². The quantitative estimate of drug-likeness (QED) is 0.427. The summed E-state index contributed by atoms with van der Waals surface area (Å²) in [5, 5.41) is 9.96. The summed E-state index contributed by atoms with van der Waals surface area (Å²) in [5.74, 6) is 0. The lowest BCUT2D eigenvalue weighted by Crippen LogP contribution is -2.17. The van der Waals surface area contributed by atoms with Crippen LogP contribution in [0.5, 0.6) is 0 Å². The molecule has 0 spiro atoms. The average molecular weight is 142 g/mol. The third kappa shape index (κ3) is 5.54. The predicted molar refractivity (Wildman–Crippen MR) is 39.1 cm³/mol. The highest BCUT2D eigenvalue weighted by molar-refractivity contribution is 4.67. The molecule has 0 aliphatic carbocycles. The van der Waals surface area contributed by atoms with Crippen LogP contribution in [0.25, 0.3) is 0 Å². The van der Waals surface area contributed by atoms with Gasteiger partial charge in [-0.3, -0.25) is 0 Å². The molecule has 0 amide bonds. The standard InChI is InChI=1S/C7H14N2O/c1-9(10-2)7-5-3-4-6-8/h3-5,7H2,1-2H3. The Hall–Kier alpha value is -0.590. The molecule has 0 aliphatic heterocycles. The van der Waals surface area contributed by atoms with Crippen molar-refractivity contribution in [1.82, 2.24) is 5.06 Å². The molecular weight excluding hydrogens is 128 g/mol. The second kappa shape index (κ2) is 6.53. The van der Waals surface area contributed by atoms with E-state index in [-0.39, 0.29) is 0 Å². The molecule has 0 saturated heterocycles. The molecule has 0 fully saturated rings. The van der Waals surface area contributed by atoms with Gasteiger partial charge in [-0.2, -0.15) is 10.3 Å². The molecule has 0 aromatic heterocycles. The van der Waals surface area contributed by atoms with E-state index in [0.29, 0.717) is 6.42 Å². The lowest BCUT2D eigenvalue weighted by atomic mass is 10.2. The van der Waals surface area contributed by atoms with Gasteiger partial charge in [0.2, 0.25) is 0 Å². The number of rotatable bonds is 5. The SMILES string of the molecule is CON(C)CCCCC#N. The molecule has 0 aromatic carbocycles. The third-order valence-electron chi connectivity index (χ3n) is 1.32. The zero-order valence-electron chi connectivity index (χ0n) is 6.63. The highest BCUT2D eigenvalue weighted by Crippen LogP contribution is 1.95. The monoisotopic (exact) mass is 142 g/mol. The molecule has 3 nitrogen and oxygen atoms in total. The second-order valence-electron chi connectivity index (χ2n) is 2.15. The van der Waals surface area contributed by atoms with Gasteiger partial charge in [-0.15, -0.1) is 0 Å². The maximum Gasteiger partial charge on any atom is 0.0621 e. The van der Waals surface area contributed by atoms with Crippen molar-refractivity contribution in [3.05, 3.63) is 0 Å². The molecule has 0 N–H and O–H groups in total. The molecule has 0 aromatic rings. The fourth-order valence-corrected chi connectivity index (χ4v) is 0.630. The van der Waals surface area contributed by atoms with Gasteiger partial charge in [0.25, 0.3) is 0 Å². The maximum atomic E-state index is 8.19. The van der Waals surface area contributed by atoms with E-state index in [1.165, 1.54) is 0 Å². The summed E-state index contributed by atoms with van der Waals surface area (Å²) in [6, 6.07) is 2.10. The summed E-state index contributed by atoms with van der Waals surface area (Å²) >= 11 is 0. The van der Waals surface area contributed by atoms with Crippen molar-refractivity contribution in [2.24, 2.45) is 0 Å². The Bertz CT molecular complexity index is 109. The highest BCUT2D eigenvalue weighted by atomic mass is 16.7. The van der Waals surface area contributed by atoms with E-state index in [1.807, 2.05) is 7.05 Å². The number of hydrogen-bond acceptors (Lipinski definition) is 3. The van der Waals surface area contributed by atoms with Gasteiger partial charge in [0.15, 0.2) is 0 Å². The van der Waals surface area contributed by atoms with Crippen LogP contribution in [0.3, 0.4) is 0 Å². The fourth-order valence-electron chi connectivity index (χ4n) is 0.630. The Balaban J connectivity index is 2.98. The van der Waals surface area contributed by atoms with Gasteiger partial charge in [0, 0.05) is 20.0 Å². The molecule has 3 heteroatoms. The van der Waals surface area contributed by atoms with Crippen molar-refractivity contribution in [1.29, 1.82) is 5.26 Å². The molecule has 58 valence electrons. The summed E-state index contributed by atoms with van der Waals surface area (Å²) in [4.78, 5) is 4.88. The molecule has 10 heavy (non-hydrogen) atoms. The molecule has 0 heterocycles. The normalized spacial score (nSPS) is 9.80. The van der Waals surface area contributed by atoms with Gasteiger partial charge >= 0.3 is 0 Å². The second-order valence-corrected chi connectivity index (χ2v) is 2.15. The average Bonchev–Trinajstić information content (AvgIpc) is 1.98. The van der Waals surface area contributed by atoms with E-state index in [4.69, 9.17) is 10.1 Å². The topological polar surface area (TPSA) is 36.3 Å². The number of nitrogens with zero attached hydrogens (tertiary/aromatic N) is 2. The Labute approximate surface area is 62.1 Å². The van der Waals surface area contributed by atoms with Crippen LogP contribution in [-0.2, 0) is 4.84 Å². The molecule has 0 radical (unpaired) electrons. The van der Waals surface area contributed by atoms with E-state index in [9.17, 15) is 0 Å². The van der Waals surface area contributed by atoms with Crippen molar-refractivity contribution < 1.29 is 4.84 Å². The van der Waals surface area contributed by atoms with Gasteiger partial charge in [0.1, 0.15) is 0 Å². The van der Waals surface area contributed by atoms with Crippen LogP contribution in [0.15, 0.2) is 0 Å². The van der Waals surface area contributed by atoms with E-state index >= 15 is 0 Å². The Morgan fingerprint density at radius 3 is 2.70 bits per heavy atom. The van der Waals surface area contributed by atoms with E-state index in [1.54, 1.807) is 12.2 Å². The number of nitriles is 1. The summed E-state index contributed by atoms with van der Waals surface area (Å²) in [7, 11) is 3.52. The Kier molecular flexibility index (Phi) is 6.14. The molecule has 0 rings (SSSR count). The first-order valence-corrected chi connectivity index (χ1v) is 3.43. The Morgan fingerprint density at radius 2 is 2.20 bits per heavy atom. The molecule has 0 atom stereocenters. The zero-order valence-corrected chi connectivity index (χ0v) is 6.63. The Morgan fingerprint density at radius 1 is 1.50 bits per heavy atom. The minimum atomic E-state index is 0.650. The van der Waals surface area contributed by atoms with E-state index < -0.39 is 0 Å². The first kappa shape index (κ1) is 9.41. The van der Waals surface area contributed by atoms with Crippen LogP contribution < -0.4 is 0 Å². The summed E-state index contributed by atoms with van der Waals surface area (Å²) < 4.78 is 0. The van der Waals surface area contributed by atoms with Crippen molar-refractivity contribution in [3.8, 4) is 6.07 Å². The largest absolute Gasteiger partial charge is 0.303 e. The molecular formula is C7H14N2O. The summed E-state index contributed by atoms with van der Waals surface area (Å²) in [5.41, 5.74) is 0. The highest BCUT2D eigenvalue weighted by Gasteiger charge is 1.93. The third-order valence-corrected chi connectivity index (χ3v) is 1.32. The van der Waals surface area contributed by atoms with Crippen molar-refractivity contribution in [2.45, 2.75) is 19.3 Å². The lowest BCUT2D eigenvalue weighted by Gasteiger charge is -2.11. The van der Waals surface area contributed by atoms with Crippen LogP contribution in [-0.4, -0.2) is 25.8 Å². The van der Waals surface area contributed by atoms with Crippen LogP contribution in [0, 0.1) is 11.3 Å². The molecule has 0 aliphatic rings. The maximum absolute atomic E-state index is 8.19. The van der Waals surface area contributed by atoms with E-state index in [2.05, 4.69) is 6.07 Å².